The first kappa shape index (κ1) is 10.1. The molecule has 1 N–H and O–H groups in total. The summed E-state index contributed by atoms with van der Waals surface area (Å²) in [4.78, 5) is 4.10. The predicted octanol–water partition coefficient (Wildman–Crippen LogP) is 0.368. The van der Waals surface area contributed by atoms with Crippen molar-refractivity contribution in [2.45, 2.75) is 20.0 Å². The molecule has 0 fully saturated rings. The molecular weight excluding hydrogens is 170 g/mol. The molecule has 13 heavy (non-hydrogen) atoms. The molecule has 0 aliphatic carbocycles. The van der Waals surface area contributed by atoms with Gasteiger partial charge >= 0.3 is 0 Å². The summed E-state index contributed by atoms with van der Waals surface area (Å²) in [6.07, 6.45) is 0.792. The smallest absolute Gasteiger partial charge is 0.252 e. The van der Waals surface area contributed by atoms with Crippen LogP contribution >= 0.6 is 0 Å². The molecule has 0 atom stereocenters. The van der Waals surface area contributed by atoms with E-state index >= 15 is 0 Å². The lowest BCUT2D eigenvalue weighted by Crippen LogP contribution is -2.14. The van der Waals surface area contributed by atoms with Crippen LogP contribution in [0.4, 0.5) is 0 Å². The predicted molar refractivity (Wildman–Crippen MR) is 47.3 cm³/mol. The molecule has 1 heterocycles. The number of nitrogens with one attached hydrogen (secondary N) is 1. The third-order valence-corrected chi connectivity index (χ3v) is 1.55. The molecule has 0 spiro atoms. The van der Waals surface area contributed by atoms with Crippen LogP contribution in [0, 0.1) is 0 Å². The Morgan fingerprint density at radius 3 is 3.00 bits per heavy atom. The average molecular weight is 185 g/mol. The molecule has 0 aromatic carbocycles. The Kier molecular flexibility index (Phi) is 4.42. The van der Waals surface area contributed by atoms with Gasteiger partial charge in [-0.25, -0.2) is 0 Å². The molecule has 0 aliphatic rings. The molecule has 1 aromatic rings. The first-order valence-corrected chi connectivity index (χ1v) is 4.40. The van der Waals surface area contributed by atoms with E-state index in [4.69, 9.17) is 9.26 Å². The molecule has 74 valence electrons. The zero-order valence-corrected chi connectivity index (χ0v) is 8.04. The molecule has 0 amide bonds. The highest BCUT2D eigenvalue weighted by Crippen LogP contribution is 1.99. The second-order valence-electron chi connectivity index (χ2n) is 2.61. The van der Waals surface area contributed by atoms with Crippen molar-refractivity contribution < 1.29 is 9.26 Å². The van der Waals surface area contributed by atoms with Crippen molar-refractivity contribution in [3.05, 3.63) is 11.7 Å². The van der Waals surface area contributed by atoms with Crippen molar-refractivity contribution in [2.24, 2.45) is 0 Å². The van der Waals surface area contributed by atoms with E-state index in [2.05, 4.69) is 15.5 Å². The second kappa shape index (κ2) is 5.66. The number of ether oxygens (including phenoxy) is 1. The van der Waals surface area contributed by atoms with Crippen LogP contribution in [-0.2, 0) is 17.8 Å². The Balaban J connectivity index is 2.20. The number of aromatic nitrogens is 2. The van der Waals surface area contributed by atoms with Crippen LogP contribution in [0.15, 0.2) is 4.52 Å². The summed E-state index contributed by atoms with van der Waals surface area (Å²) in [6.45, 7) is 3.86. The lowest BCUT2D eigenvalue weighted by molar-refractivity contribution is 0.100. The summed E-state index contributed by atoms with van der Waals surface area (Å²) in [6, 6.07) is 0. The van der Waals surface area contributed by atoms with Gasteiger partial charge in [-0.1, -0.05) is 12.1 Å². The number of hydrogen-bond donors (Lipinski definition) is 1. The third kappa shape index (κ3) is 3.52. The van der Waals surface area contributed by atoms with Crippen molar-refractivity contribution in [3.63, 3.8) is 0 Å². The maximum Gasteiger partial charge on any atom is 0.252 e. The Hall–Kier alpha value is -0.940. The monoisotopic (exact) mass is 185 g/mol. The summed E-state index contributed by atoms with van der Waals surface area (Å²) < 4.78 is 10.2. The quantitative estimate of drug-likeness (QED) is 0.649. The summed E-state index contributed by atoms with van der Waals surface area (Å²) in [5.41, 5.74) is 0. The molecular formula is C8H15N3O2. The van der Waals surface area contributed by atoms with Gasteiger partial charge in [0.25, 0.3) is 5.89 Å². The van der Waals surface area contributed by atoms with Gasteiger partial charge in [0.1, 0.15) is 6.61 Å². The zero-order chi connectivity index (χ0) is 9.52. The fourth-order valence-corrected chi connectivity index (χ4v) is 0.826. The highest BCUT2D eigenvalue weighted by molar-refractivity contribution is 4.83. The van der Waals surface area contributed by atoms with Crippen molar-refractivity contribution in [3.8, 4) is 0 Å². The van der Waals surface area contributed by atoms with Crippen molar-refractivity contribution >= 4 is 0 Å². The normalized spacial score (nSPS) is 10.6. The third-order valence-electron chi connectivity index (χ3n) is 1.55. The van der Waals surface area contributed by atoms with E-state index in [9.17, 15) is 0 Å². The summed E-state index contributed by atoms with van der Waals surface area (Å²) in [5, 5.41) is 6.73. The topological polar surface area (TPSA) is 60.2 Å². The molecule has 5 nitrogen and oxygen atoms in total. The maximum atomic E-state index is 5.26. The second-order valence-corrected chi connectivity index (χ2v) is 2.61. The molecule has 0 bridgehead atoms. The van der Waals surface area contributed by atoms with Gasteiger partial charge in [-0.2, -0.15) is 4.98 Å². The fourth-order valence-electron chi connectivity index (χ4n) is 0.826. The summed E-state index contributed by atoms with van der Waals surface area (Å²) in [5.74, 6) is 1.28. The van der Waals surface area contributed by atoms with Gasteiger partial charge in [0.05, 0.1) is 6.61 Å². The number of likely N-dealkylation sites (N-methyl/N-ethyl adjacent to an activating group) is 1. The standard InChI is InChI=1S/C8H15N3O2/c1-3-7-10-8(13-11-7)6-12-5-4-9-2/h9H,3-6H2,1-2H3. The number of hydrogen-bond acceptors (Lipinski definition) is 5. The number of aryl methyl sites for hydroxylation is 1. The number of rotatable bonds is 6. The molecule has 1 rings (SSSR count). The summed E-state index contributed by atoms with van der Waals surface area (Å²) >= 11 is 0. The molecule has 0 unspecified atom stereocenters. The van der Waals surface area contributed by atoms with Crippen LogP contribution in [0.5, 0.6) is 0 Å². The van der Waals surface area contributed by atoms with Gasteiger partial charge in [-0.15, -0.1) is 0 Å². The largest absolute Gasteiger partial charge is 0.370 e. The zero-order valence-electron chi connectivity index (χ0n) is 8.04. The minimum atomic E-state index is 0.397. The maximum absolute atomic E-state index is 5.26. The van der Waals surface area contributed by atoms with E-state index in [0.717, 1.165) is 18.8 Å². The van der Waals surface area contributed by atoms with Crippen LogP contribution in [0.3, 0.4) is 0 Å². The molecule has 1 aromatic heterocycles. The first-order valence-electron chi connectivity index (χ1n) is 4.40. The van der Waals surface area contributed by atoms with Crippen LogP contribution in [0.1, 0.15) is 18.6 Å². The van der Waals surface area contributed by atoms with E-state index in [1.165, 1.54) is 0 Å². The lowest BCUT2D eigenvalue weighted by atomic mass is 10.5. The Labute approximate surface area is 77.5 Å². The van der Waals surface area contributed by atoms with Gasteiger partial charge in [0, 0.05) is 13.0 Å². The minimum Gasteiger partial charge on any atom is -0.370 e. The Bertz CT molecular complexity index is 237. The first-order chi connectivity index (χ1) is 6.36. The van der Waals surface area contributed by atoms with Gasteiger partial charge in [-0.05, 0) is 7.05 Å². The lowest BCUT2D eigenvalue weighted by Gasteiger charge is -1.98. The van der Waals surface area contributed by atoms with E-state index < -0.39 is 0 Å². The van der Waals surface area contributed by atoms with Crippen LogP contribution < -0.4 is 5.32 Å². The number of nitrogens with zero attached hydrogens (tertiary/aromatic N) is 2. The van der Waals surface area contributed by atoms with E-state index in [1.54, 1.807) is 0 Å². The van der Waals surface area contributed by atoms with E-state index in [0.29, 0.717) is 19.1 Å². The van der Waals surface area contributed by atoms with Gasteiger partial charge in [-0.3, -0.25) is 0 Å². The molecule has 0 radical (unpaired) electrons. The fraction of sp³-hybridized carbons (Fsp3) is 0.750. The average Bonchev–Trinajstić information content (AvgIpc) is 2.60. The van der Waals surface area contributed by atoms with Crippen molar-refractivity contribution in [1.82, 2.24) is 15.5 Å². The molecule has 0 saturated carbocycles. The minimum absolute atomic E-state index is 0.397. The van der Waals surface area contributed by atoms with Gasteiger partial charge in [0.15, 0.2) is 5.82 Å². The van der Waals surface area contributed by atoms with Crippen LogP contribution in [0.25, 0.3) is 0 Å². The SMILES string of the molecule is CCc1noc(COCCNC)n1. The van der Waals surface area contributed by atoms with Crippen molar-refractivity contribution in [2.75, 3.05) is 20.2 Å². The van der Waals surface area contributed by atoms with E-state index in [-0.39, 0.29) is 0 Å². The Morgan fingerprint density at radius 1 is 1.54 bits per heavy atom. The highest BCUT2D eigenvalue weighted by Gasteiger charge is 2.03. The Morgan fingerprint density at radius 2 is 2.38 bits per heavy atom. The molecule has 0 aliphatic heterocycles. The summed E-state index contributed by atoms with van der Waals surface area (Å²) in [7, 11) is 1.88. The molecule has 5 heteroatoms. The van der Waals surface area contributed by atoms with Gasteiger partial charge in [0.2, 0.25) is 0 Å². The van der Waals surface area contributed by atoms with Crippen LogP contribution in [0.2, 0.25) is 0 Å². The van der Waals surface area contributed by atoms with Crippen LogP contribution in [-0.4, -0.2) is 30.3 Å². The van der Waals surface area contributed by atoms with E-state index in [1.807, 2.05) is 14.0 Å². The highest BCUT2D eigenvalue weighted by atomic mass is 16.5. The van der Waals surface area contributed by atoms with Gasteiger partial charge < -0.3 is 14.6 Å². The van der Waals surface area contributed by atoms with Crippen molar-refractivity contribution in [1.29, 1.82) is 0 Å². The molecule has 0 saturated heterocycles.